The Morgan fingerprint density at radius 3 is 2.33 bits per heavy atom. The Labute approximate surface area is 111 Å². The molecule has 0 saturated carbocycles. The number of nitrogens with zero attached hydrogens (tertiary/aromatic N) is 2. The van der Waals surface area contributed by atoms with Crippen molar-refractivity contribution in [2.24, 2.45) is 0 Å². The van der Waals surface area contributed by atoms with Crippen LogP contribution in [0.4, 0.5) is 0 Å². The van der Waals surface area contributed by atoms with Gasteiger partial charge in [0.15, 0.2) is 0 Å². The molecule has 0 bridgehead atoms. The summed E-state index contributed by atoms with van der Waals surface area (Å²) in [5.41, 5.74) is 2.45. The van der Waals surface area contributed by atoms with Crippen molar-refractivity contribution in [1.29, 1.82) is 0 Å². The fourth-order valence-corrected chi connectivity index (χ4v) is 3.15. The number of benzene rings is 1. The normalized spacial score (nSPS) is 11.7. The number of hydrogen-bond donors (Lipinski definition) is 0. The molecule has 2 rings (SSSR count). The van der Waals surface area contributed by atoms with Crippen molar-refractivity contribution in [1.82, 2.24) is 10.2 Å². The molecule has 1 aromatic carbocycles. The predicted molar refractivity (Wildman–Crippen MR) is 71.6 cm³/mol. The van der Waals surface area contributed by atoms with Crippen molar-refractivity contribution in [3.8, 4) is 0 Å². The topological polar surface area (TPSA) is 59.9 Å². The van der Waals surface area contributed by atoms with Crippen molar-refractivity contribution in [3.05, 3.63) is 40.4 Å². The SMILES string of the molecule is Cc1ccc(CCc2nnc(S(C)(=O)=O)s2)cc1. The minimum atomic E-state index is -3.23. The number of aryl methyl sites for hydroxylation is 3. The van der Waals surface area contributed by atoms with Crippen LogP contribution in [0.1, 0.15) is 16.1 Å². The van der Waals surface area contributed by atoms with Crippen molar-refractivity contribution in [2.45, 2.75) is 24.1 Å². The van der Waals surface area contributed by atoms with Crippen molar-refractivity contribution in [2.75, 3.05) is 6.26 Å². The maximum absolute atomic E-state index is 11.3. The van der Waals surface area contributed by atoms with Crippen LogP contribution in [-0.2, 0) is 22.7 Å². The lowest BCUT2D eigenvalue weighted by molar-refractivity contribution is 0.600. The van der Waals surface area contributed by atoms with Crippen molar-refractivity contribution in [3.63, 3.8) is 0 Å². The predicted octanol–water partition coefficient (Wildman–Crippen LogP) is 2.04. The van der Waals surface area contributed by atoms with Gasteiger partial charge in [-0.15, -0.1) is 10.2 Å². The fraction of sp³-hybridized carbons (Fsp3) is 0.333. The summed E-state index contributed by atoms with van der Waals surface area (Å²) in [6.45, 7) is 2.05. The molecule has 18 heavy (non-hydrogen) atoms. The molecule has 1 heterocycles. The zero-order valence-electron chi connectivity index (χ0n) is 10.3. The van der Waals surface area contributed by atoms with Gasteiger partial charge in [0.2, 0.25) is 14.2 Å². The van der Waals surface area contributed by atoms with Gasteiger partial charge in [-0.2, -0.15) is 0 Å². The van der Waals surface area contributed by atoms with Crippen LogP contribution >= 0.6 is 11.3 Å². The highest BCUT2D eigenvalue weighted by Gasteiger charge is 2.13. The van der Waals surface area contributed by atoms with Crippen LogP contribution in [-0.4, -0.2) is 24.9 Å². The van der Waals surface area contributed by atoms with Gasteiger partial charge in [0.1, 0.15) is 5.01 Å². The van der Waals surface area contributed by atoms with E-state index in [0.717, 1.165) is 35.4 Å². The number of sulfone groups is 1. The van der Waals surface area contributed by atoms with Crippen LogP contribution in [0.5, 0.6) is 0 Å². The summed E-state index contributed by atoms with van der Waals surface area (Å²) >= 11 is 1.15. The first kappa shape index (κ1) is 13.2. The first-order valence-electron chi connectivity index (χ1n) is 5.53. The van der Waals surface area contributed by atoms with Crippen LogP contribution in [0, 0.1) is 6.92 Å². The minimum absolute atomic E-state index is 0.0985. The van der Waals surface area contributed by atoms with Gasteiger partial charge in [0.05, 0.1) is 0 Å². The molecule has 0 saturated heterocycles. The summed E-state index contributed by atoms with van der Waals surface area (Å²) in [4.78, 5) is 0. The van der Waals surface area contributed by atoms with Gasteiger partial charge in [-0.05, 0) is 18.9 Å². The van der Waals surface area contributed by atoms with Gasteiger partial charge in [0.25, 0.3) is 0 Å². The average Bonchev–Trinajstić information content (AvgIpc) is 2.77. The first-order valence-corrected chi connectivity index (χ1v) is 8.24. The zero-order chi connectivity index (χ0) is 13.2. The fourth-order valence-electron chi connectivity index (χ4n) is 1.50. The van der Waals surface area contributed by atoms with E-state index in [2.05, 4.69) is 34.5 Å². The number of aromatic nitrogens is 2. The third kappa shape index (κ3) is 3.36. The molecule has 0 amide bonds. The van der Waals surface area contributed by atoms with E-state index in [0.29, 0.717) is 0 Å². The first-order chi connectivity index (χ1) is 8.45. The lowest BCUT2D eigenvalue weighted by Crippen LogP contribution is -1.95. The second-order valence-corrected chi connectivity index (χ2v) is 7.47. The molecule has 6 heteroatoms. The van der Waals surface area contributed by atoms with Crippen LogP contribution in [0.3, 0.4) is 0 Å². The summed E-state index contributed by atoms with van der Waals surface area (Å²) in [6.07, 6.45) is 2.71. The highest BCUT2D eigenvalue weighted by molar-refractivity contribution is 7.92. The van der Waals surface area contributed by atoms with E-state index < -0.39 is 9.84 Å². The number of hydrogen-bond acceptors (Lipinski definition) is 5. The Morgan fingerprint density at radius 1 is 1.11 bits per heavy atom. The molecule has 2 aromatic rings. The lowest BCUT2D eigenvalue weighted by Gasteiger charge is -1.99. The molecule has 0 aliphatic carbocycles. The molecule has 0 aliphatic heterocycles. The summed E-state index contributed by atoms with van der Waals surface area (Å²) in [7, 11) is -3.23. The standard InChI is InChI=1S/C12H14N2O2S2/c1-9-3-5-10(6-4-9)7-8-11-13-14-12(17-11)18(2,15)16/h3-6H,7-8H2,1-2H3. The molecule has 0 unspecified atom stereocenters. The minimum Gasteiger partial charge on any atom is -0.221 e. The Bertz CT molecular complexity index is 630. The van der Waals surface area contributed by atoms with Gasteiger partial charge in [-0.25, -0.2) is 8.42 Å². The van der Waals surface area contributed by atoms with Crippen LogP contribution in [0.15, 0.2) is 28.6 Å². The van der Waals surface area contributed by atoms with Crippen molar-refractivity contribution < 1.29 is 8.42 Å². The smallest absolute Gasteiger partial charge is 0.221 e. The third-order valence-corrected chi connectivity index (χ3v) is 5.17. The molecule has 0 aliphatic rings. The van der Waals surface area contributed by atoms with Gasteiger partial charge < -0.3 is 0 Å². The molecule has 0 N–H and O–H groups in total. The zero-order valence-corrected chi connectivity index (χ0v) is 11.9. The quantitative estimate of drug-likeness (QED) is 0.861. The summed E-state index contributed by atoms with van der Waals surface area (Å²) in [5.74, 6) is 0. The maximum atomic E-state index is 11.3. The highest BCUT2D eigenvalue weighted by Crippen LogP contribution is 2.17. The third-order valence-electron chi connectivity index (χ3n) is 2.51. The summed E-state index contributed by atoms with van der Waals surface area (Å²) < 4.78 is 22.6. The molecule has 0 radical (unpaired) electrons. The molecule has 0 spiro atoms. The lowest BCUT2D eigenvalue weighted by atomic mass is 10.1. The molecule has 0 atom stereocenters. The molecular weight excluding hydrogens is 268 g/mol. The molecule has 4 nitrogen and oxygen atoms in total. The van der Waals surface area contributed by atoms with Crippen LogP contribution in [0.25, 0.3) is 0 Å². The maximum Gasteiger partial charge on any atom is 0.232 e. The largest absolute Gasteiger partial charge is 0.232 e. The Kier molecular flexibility index (Phi) is 3.77. The Balaban J connectivity index is 2.03. The average molecular weight is 282 g/mol. The van der Waals surface area contributed by atoms with E-state index in [-0.39, 0.29) is 4.34 Å². The van der Waals surface area contributed by atoms with Gasteiger partial charge in [-0.3, -0.25) is 0 Å². The second kappa shape index (κ2) is 5.16. The molecule has 1 aromatic heterocycles. The van der Waals surface area contributed by atoms with Crippen molar-refractivity contribution >= 4 is 21.2 Å². The van der Waals surface area contributed by atoms with Gasteiger partial charge in [0, 0.05) is 12.7 Å². The van der Waals surface area contributed by atoms with Crippen LogP contribution < -0.4 is 0 Å². The number of rotatable bonds is 4. The molecular formula is C12H14N2O2S2. The second-order valence-electron chi connectivity index (χ2n) is 4.22. The Morgan fingerprint density at radius 2 is 1.78 bits per heavy atom. The van der Waals surface area contributed by atoms with Crippen LogP contribution in [0.2, 0.25) is 0 Å². The summed E-state index contributed by atoms with van der Waals surface area (Å²) in [6, 6.07) is 8.29. The van der Waals surface area contributed by atoms with E-state index in [1.54, 1.807) is 0 Å². The van der Waals surface area contributed by atoms with E-state index in [9.17, 15) is 8.42 Å². The molecule has 96 valence electrons. The highest BCUT2D eigenvalue weighted by atomic mass is 32.2. The van der Waals surface area contributed by atoms with E-state index >= 15 is 0 Å². The Hall–Kier alpha value is -1.27. The van der Waals surface area contributed by atoms with E-state index in [4.69, 9.17) is 0 Å². The van der Waals surface area contributed by atoms with E-state index in [1.807, 2.05) is 6.92 Å². The van der Waals surface area contributed by atoms with E-state index in [1.165, 1.54) is 11.1 Å². The van der Waals surface area contributed by atoms with Gasteiger partial charge >= 0.3 is 0 Å². The van der Waals surface area contributed by atoms with Gasteiger partial charge in [-0.1, -0.05) is 41.2 Å². The summed E-state index contributed by atoms with van der Waals surface area (Å²) in [5, 5.41) is 8.36. The monoisotopic (exact) mass is 282 g/mol. The molecule has 0 fully saturated rings.